The lowest BCUT2D eigenvalue weighted by molar-refractivity contribution is -0.121. The molecule has 0 fully saturated rings. The highest BCUT2D eigenvalue weighted by atomic mass is 35.5. The van der Waals surface area contributed by atoms with E-state index < -0.39 is 0 Å². The summed E-state index contributed by atoms with van der Waals surface area (Å²) in [6.07, 6.45) is 0. The summed E-state index contributed by atoms with van der Waals surface area (Å²) < 4.78 is 0. The zero-order chi connectivity index (χ0) is 17.5. The van der Waals surface area contributed by atoms with Crippen molar-refractivity contribution >= 4 is 40.6 Å². The smallest absolute Gasteiger partial charge is 0.243 e. The van der Waals surface area contributed by atoms with E-state index in [4.69, 9.17) is 11.6 Å². The molecule has 130 valence electrons. The highest BCUT2D eigenvalue weighted by Crippen LogP contribution is 2.18. The molecule has 2 heterocycles. The molecule has 0 saturated carbocycles. The van der Waals surface area contributed by atoms with Crippen LogP contribution in [0.15, 0.2) is 41.8 Å². The Hall–Kier alpha value is -1.90. The van der Waals surface area contributed by atoms with Crippen molar-refractivity contribution in [1.82, 2.24) is 25.5 Å². The van der Waals surface area contributed by atoms with Gasteiger partial charge < -0.3 is 5.32 Å². The van der Waals surface area contributed by atoms with Crippen LogP contribution >= 0.6 is 34.7 Å². The van der Waals surface area contributed by atoms with E-state index in [0.29, 0.717) is 17.4 Å². The van der Waals surface area contributed by atoms with E-state index in [1.165, 1.54) is 9.67 Å². The van der Waals surface area contributed by atoms with Gasteiger partial charge in [0.15, 0.2) is 0 Å². The largest absolute Gasteiger partial charge is 0.354 e. The van der Waals surface area contributed by atoms with Crippen molar-refractivity contribution in [1.29, 1.82) is 0 Å². The normalized spacial score (nSPS) is 10.8. The number of amides is 1. The van der Waals surface area contributed by atoms with Gasteiger partial charge in [-0.25, -0.2) is 0 Å². The van der Waals surface area contributed by atoms with E-state index in [1.54, 1.807) is 35.2 Å². The summed E-state index contributed by atoms with van der Waals surface area (Å²) in [6, 6.07) is 11.4. The number of thiophene rings is 1. The number of nitrogens with one attached hydrogen (secondary N) is 1. The van der Waals surface area contributed by atoms with Crippen LogP contribution in [0.4, 0.5) is 0 Å². The molecule has 0 atom stereocenters. The maximum atomic E-state index is 11.9. The maximum absolute atomic E-state index is 11.9. The maximum Gasteiger partial charge on any atom is 0.243 e. The number of thioether (sulfide) groups is 1. The zero-order valence-electron chi connectivity index (χ0n) is 13.3. The lowest BCUT2D eigenvalue weighted by Crippen LogP contribution is -2.30. The number of nitrogens with zero attached hydrogens (tertiary/aromatic N) is 4. The molecule has 0 aliphatic heterocycles. The lowest BCUT2D eigenvalue weighted by atomic mass is 10.2. The quantitative estimate of drug-likeness (QED) is 0.595. The first-order valence-electron chi connectivity index (χ1n) is 7.61. The summed E-state index contributed by atoms with van der Waals surface area (Å²) in [5, 5.41) is 17.6. The molecule has 0 saturated heterocycles. The molecule has 9 heteroatoms. The molecule has 0 spiro atoms. The van der Waals surface area contributed by atoms with Crippen LogP contribution in [-0.2, 0) is 17.1 Å². The number of benzene rings is 1. The second-order valence-corrected chi connectivity index (χ2v) is 7.71. The Labute approximate surface area is 158 Å². The molecule has 1 aromatic carbocycles. The van der Waals surface area contributed by atoms with Crippen molar-refractivity contribution in [3.8, 4) is 11.4 Å². The summed E-state index contributed by atoms with van der Waals surface area (Å²) in [6.45, 7) is 0.661. The number of rotatable bonds is 8. The Bertz CT molecular complexity index is 822. The molecule has 1 amide bonds. The summed E-state index contributed by atoms with van der Waals surface area (Å²) in [7, 11) is 0. The lowest BCUT2D eigenvalue weighted by Gasteiger charge is -2.04. The first-order valence-corrected chi connectivity index (χ1v) is 10.0. The average Bonchev–Trinajstić information content (AvgIpc) is 3.26. The molecule has 0 aliphatic rings. The zero-order valence-corrected chi connectivity index (χ0v) is 15.7. The number of carbonyl (C=O) groups is 1. The Kier molecular flexibility index (Phi) is 6.43. The van der Waals surface area contributed by atoms with Crippen molar-refractivity contribution < 1.29 is 4.79 Å². The van der Waals surface area contributed by atoms with Gasteiger partial charge in [-0.15, -0.1) is 21.5 Å². The van der Waals surface area contributed by atoms with Gasteiger partial charge in [0.05, 0.1) is 0 Å². The van der Waals surface area contributed by atoms with Crippen LogP contribution in [0.2, 0.25) is 5.02 Å². The van der Waals surface area contributed by atoms with Crippen LogP contribution in [0.3, 0.4) is 0 Å². The van der Waals surface area contributed by atoms with Crippen LogP contribution in [0.25, 0.3) is 11.4 Å². The number of halogens is 1. The first kappa shape index (κ1) is 17.9. The SMILES string of the molecule is O=C(Cn1nnc(-c2cccc(Cl)c2)n1)NCCSCc1cccs1. The van der Waals surface area contributed by atoms with E-state index in [1.807, 2.05) is 18.2 Å². The van der Waals surface area contributed by atoms with Gasteiger partial charge >= 0.3 is 0 Å². The third-order valence-electron chi connectivity index (χ3n) is 3.21. The van der Waals surface area contributed by atoms with Crippen molar-refractivity contribution in [3.63, 3.8) is 0 Å². The van der Waals surface area contributed by atoms with Gasteiger partial charge in [-0.1, -0.05) is 29.8 Å². The predicted octanol–water partition coefficient (Wildman–Crippen LogP) is 3.10. The van der Waals surface area contributed by atoms with Crippen molar-refractivity contribution in [2.75, 3.05) is 12.3 Å². The molecule has 25 heavy (non-hydrogen) atoms. The fourth-order valence-corrected chi connectivity index (χ4v) is 3.96. The van der Waals surface area contributed by atoms with E-state index in [9.17, 15) is 4.79 Å². The molecule has 3 rings (SSSR count). The number of hydrogen-bond donors (Lipinski definition) is 1. The summed E-state index contributed by atoms with van der Waals surface area (Å²) in [5.41, 5.74) is 0.768. The molecule has 1 N–H and O–H groups in total. The second-order valence-electron chi connectivity index (χ2n) is 5.14. The summed E-state index contributed by atoms with van der Waals surface area (Å²) in [4.78, 5) is 14.6. The minimum atomic E-state index is -0.133. The third kappa shape index (κ3) is 5.55. The van der Waals surface area contributed by atoms with Gasteiger partial charge in [-0.2, -0.15) is 16.6 Å². The molecule has 0 radical (unpaired) electrons. The van der Waals surface area contributed by atoms with Crippen molar-refractivity contribution in [2.24, 2.45) is 0 Å². The highest BCUT2D eigenvalue weighted by molar-refractivity contribution is 7.98. The van der Waals surface area contributed by atoms with E-state index in [2.05, 4.69) is 32.2 Å². The van der Waals surface area contributed by atoms with Crippen LogP contribution in [0.5, 0.6) is 0 Å². The Morgan fingerprint density at radius 2 is 2.24 bits per heavy atom. The number of tetrazole rings is 1. The first-order chi connectivity index (χ1) is 12.2. The van der Waals surface area contributed by atoms with Crippen LogP contribution in [0, 0.1) is 0 Å². The standard InChI is InChI=1S/C16H16ClN5OS2/c17-13-4-1-3-12(9-13)16-19-21-22(20-16)10-15(23)18-6-8-24-11-14-5-2-7-25-14/h1-5,7,9H,6,8,10-11H2,(H,18,23). The average molecular weight is 394 g/mol. The van der Waals surface area contributed by atoms with Crippen LogP contribution in [0.1, 0.15) is 4.88 Å². The molecular formula is C16H16ClN5OS2. The van der Waals surface area contributed by atoms with Gasteiger partial charge in [0.2, 0.25) is 11.7 Å². The minimum Gasteiger partial charge on any atom is -0.354 e. The summed E-state index contributed by atoms with van der Waals surface area (Å²) >= 11 is 9.50. The minimum absolute atomic E-state index is 0.0448. The molecule has 0 unspecified atom stereocenters. The fourth-order valence-electron chi connectivity index (χ4n) is 2.07. The second kappa shape index (κ2) is 8.98. The topological polar surface area (TPSA) is 72.7 Å². The van der Waals surface area contributed by atoms with E-state index in [-0.39, 0.29) is 12.5 Å². The van der Waals surface area contributed by atoms with Gasteiger partial charge in [-0.3, -0.25) is 4.79 Å². The molecule has 6 nitrogen and oxygen atoms in total. The Morgan fingerprint density at radius 3 is 3.04 bits per heavy atom. The van der Waals surface area contributed by atoms with Crippen molar-refractivity contribution in [3.05, 3.63) is 51.7 Å². The Morgan fingerprint density at radius 1 is 1.32 bits per heavy atom. The number of aromatic nitrogens is 4. The predicted molar refractivity (Wildman–Crippen MR) is 102 cm³/mol. The molecule has 0 bridgehead atoms. The highest BCUT2D eigenvalue weighted by Gasteiger charge is 2.09. The fraction of sp³-hybridized carbons (Fsp3) is 0.250. The molecular weight excluding hydrogens is 378 g/mol. The van der Waals surface area contributed by atoms with Gasteiger partial charge in [-0.05, 0) is 28.8 Å². The van der Waals surface area contributed by atoms with Crippen molar-refractivity contribution in [2.45, 2.75) is 12.3 Å². The molecule has 3 aromatic rings. The molecule has 2 aromatic heterocycles. The summed E-state index contributed by atoms with van der Waals surface area (Å²) in [5.74, 6) is 2.15. The number of hydrogen-bond acceptors (Lipinski definition) is 6. The van der Waals surface area contributed by atoms with E-state index >= 15 is 0 Å². The Balaban J connectivity index is 1.41. The van der Waals surface area contributed by atoms with E-state index in [0.717, 1.165) is 17.1 Å². The molecule has 0 aliphatic carbocycles. The van der Waals surface area contributed by atoms with Crippen LogP contribution in [-0.4, -0.2) is 38.4 Å². The number of carbonyl (C=O) groups excluding carboxylic acids is 1. The van der Waals surface area contributed by atoms with Crippen LogP contribution < -0.4 is 5.32 Å². The van der Waals surface area contributed by atoms with Gasteiger partial charge in [0, 0.05) is 33.5 Å². The third-order valence-corrected chi connectivity index (χ3v) is 5.52. The van der Waals surface area contributed by atoms with Gasteiger partial charge in [0.1, 0.15) is 6.54 Å². The van der Waals surface area contributed by atoms with Gasteiger partial charge in [0.25, 0.3) is 0 Å². The monoisotopic (exact) mass is 393 g/mol.